The van der Waals surface area contributed by atoms with Crippen molar-refractivity contribution in [1.29, 1.82) is 0 Å². The molecule has 2 aromatic rings. The van der Waals surface area contributed by atoms with E-state index in [4.69, 9.17) is 9.47 Å². The molecule has 11 heteroatoms. The fourth-order valence-corrected chi connectivity index (χ4v) is 5.75. The van der Waals surface area contributed by atoms with E-state index in [9.17, 15) is 13.2 Å². The van der Waals surface area contributed by atoms with E-state index in [0.29, 0.717) is 31.0 Å². The van der Waals surface area contributed by atoms with Crippen LogP contribution >= 0.6 is 0 Å². The Morgan fingerprint density at radius 3 is 2.97 bits per heavy atom. The van der Waals surface area contributed by atoms with Crippen molar-refractivity contribution in [2.45, 2.75) is 43.9 Å². The third-order valence-electron chi connectivity index (χ3n) is 7.67. The molecule has 7 nitrogen and oxygen atoms in total. The average molecular weight is 479 g/mol. The van der Waals surface area contributed by atoms with Crippen molar-refractivity contribution in [1.82, 2.24) is 19.9 Å². The van der Waals surface area contributed by atoms with Gasteiger partial charge in [-0.1, -0.05) is 0 Å². The molecule has 0 radical (unpaired) electrons. The number of aromatic nitrogens is 3. The maximum absolute atomic E-state index is 15.1. The summed E-state index contributed by atoms with van der Waals surface area (Å²) in [7, 11) is 0. The van der Waals surface area contributed by atoms with Crippen molar-refractivity contribution < 1.29 is 27.0 Å². The van der Waals surface area contributed by atoms with Gasteiger partial charge in [0.2, 0.25) is 0 Å². The predicted molar refractivity (Wildman–Crippen MR) is 115 cm³/mol. The van der Waals surface area contributed by atoms with Gasteiger partial charge in [0, 0.05) is 30.8 Å². The Balaban J connectivity index is 1.37. The third kappa shape index (κ3) is 3.43. The highest BCUT2D eigenvalue weighted by Crippen LogP contribution is 2.45. The molecule has 0 amide bonds. The van der Waals surface area contributed by atoms with Gasteiger partial charge in [0.05, 0.1) is 35.9 Å². The maximum atomic E-state index is 15.1. The minimum atomic E-state index is -1.63. The van der Waals surface area contributed by atoms with Gasteiger partial charge >= 0.3 is 6.01 Å². The number of pyridine rings is 1. The molecule has 0 bridgehead atoms. The molecule has 3 saturated heterocycles. The first-order chi connectivity index (χ1) is 16.4. The molecule has 182 valence electrons. The quantitative estimate of drug-likeness (QED) is 0.623. The molecule has 2 aromatic heterocycles. The number of rotatable bonds is 4. The van der Waals surface area contributed by atoms with Crippen LogP contribution in [0.25, 0.3) is 10.9 Å². The second-order valence-electron chi connectivity index (χ2n) is 9.70. The molecule has 4 aliphatic rings. The first-order valence-electron chi connectivity index (χ1n) is 11.6. The second-order valence-corrected chi connectivity index (χ2v) is 9.70. The number of aryl methyl sites for hydroxylation is 1. The summed E-state index contributed by atoms with van der Waals surface area (Å²) >= 11 is 0. The second kappa shape index (κ2) is 8.01. The van der Waals surface area contributed by atoms with Gasteiger partial charge in [-0.15, -0.1) is 0 Å². The molecule has 3 aliphatic heterocycles. The number of hydrogen-bond acceptors (Lipinski definition) is 7. The van der Waals surface area contributed by atoms with Crippen LogP contribution in [0.15, 0.2) is 17.9 Å². The van der Waals surface area contributed by atoms with Crippen molar-refractivity contribution in [3.8, 4) is 6.01 Å². The topological polar surface area (TPSA) is 63.6 Å². The minimum absolute atomic E-state index is 0.0489. The van der Waals surface area contributed by atoms with Gasteiger partial charge in [0.1, 0.15) is 24.1 Å². The number of halogens is 4. The summed E-state index contributed by atoms with van der Waals surface area (Å²) in [6, 6.07) is -0.457. The number of nitrogens with zero attached hydrogens (tertiary/aromatic N) is 5. The summed E-state index contributed by atoms with van der Waals surface area (Å²) < 4.78 is 67.7. The van der Waals surface area contributed by atoms with E-state index in [1.165, 1.54) is 6.20 Å². The molecular formula is C23H25F4N5O2. The van der Waals surface area contributed by atoms with Crippen LogP contribution in [0.4, 0.5) is 23.4 Å². The van der Waals surface area contributed by atoms with Crippen LogP contribution in [0.3, 0.4) is 0 Å². The summed E-state index contributed by atoms with van der Waals surface area (Å²) in [5, 5.41) is 0.376. The number of fused-ring (bicyclic) bond motifs is 3. The fourth-order valence-electron chi connectivity index (χ4n) is 5.75. The molecule has 34 heavy (non-hydrogen) atoms. The summed E-state index contributed by atoms with van der Waals surface area (Å²) in [5.74, 6) is -0.493. The predicted octanol–water partition coefficient (Wildman–Crippen LogP) is 3.41. The summed E-state index contributed by atoms with van der Waals surface area (Å²) in [6.45, 7) is 3.72. The number of alkyl halides is 1. The molecule has 0 spiro atoms. The van der Waals surface area contributed by atoms with Crippen LogP contribution in [0.5, 0.6) is 6.01 Å². The Labute approximate surface area is 193 Å². The van der Waals surface area contributed by atoms with E-state index >= 15 is 4.39 Å². The van der Waals surface area contributed by atoms with E-state index in [2.05, 4.69) is 15.0 Å². The molecule has 4 atom stereocenters. The van der Waals surface area contributed by atoms with E-state index in [-0.39, 0.29) is 48.3 Å². The lowest BCUT2D eigenvalue weighted by Crippen LogP contribution is -2.43. The van der Waals surface area contributed by atoms with Crippen LogP contribution in [0.2, 0.25) is 0 Å². The van der Waals surface area contributed by atoms with Crippen LogP contribution in [-0.2, 0) is 4.74 Å². The van der Waals surface area contributed by atoms with E-state index in [1.807, 2.05) is 4.90 Å². The summed E-state index contributed by atoms with van der Waals surface area (Å²) in [4.78, 5) is 16.8. The monoisotopic (exact) mass is 479 g/mol. The van der Waals surface area contributed by atoms with Crippen LogP contribution in [0, 0.1) is 18.7 Å². The van der Waals surface area contributed by atoms with Gasteiger partial charge in [-0.25, -0.2) is 8.78 Å². The van der Waals surface area contributed by atoms with Crippen LogP contribution in [0.1, 0.15) is 25.0 Å². The van der Waals surface area contributed by atoms with Crippen LogP contribution < -0.4 is 9.64 Å². The van der Waals surface area contributed by atoms with E-state index in [1.54, 1.807) is 11.8 Å². The van der Waals surface area contributed by atoms with Crippen molar-refractivity contribution in [3.05, 3.63) is 29.4 Å². The zero-order valence-corrected chi connectivity index (χ0v) is 18.7. The number of anilines is 1. The Morgan fingerprint density at radius 1 is 1.29 bits per heavy atom. The van der Waals surface area contributed by atoms with Gasteiger partial charge in [-0.2, -0.15) is 18.7 Å². The first kappa shape index (κ1) is 22.0. The van der Waals surface area contributed by atoms with Crippen molar-refractivity contribution in [3.63, 3.8) is 0 Å². The highest BCUT2D eigenvalue weighted by atomic mass is 19.3. The Morgan fingerprint density at radius 2 is 2.15 bits per heavy atom. The Bertz CT molecular complexity index is 1180. The third-order valence-corrected chi connectivity index (χ3v) is 7.67. The summed E-state index contributed by atoms with van der Waals surface area (Å²) in [6.07, 6.45) is 0.651. The summed E-state index contributed by atoms with van der Waals surface area (Å²) in [5.41, 5.74) is -0.187. The average Bonchev–Trinajstić information content (AvgIpc) is 3.15. The lowest BCUT2D eigenvalue weighted by molar-refractivity contribution is 0.108. The number of ether oxygens (including phenoxy) is 2. The van der Waals surface area contributed by atoms with Gasteiger partial charge < -0.3 is 14.4 Å². The van der Waals surface area contributed by atoms with Gasteiger partial charge in [-0.05, 0) is 32.7 Å². The highest BCUT2D eigenvalue weighted by molar-refractivity contribution is 5.90. The molecular weight excluding hydrogens is 454 g/mol. The minimum Gasteiger partial charge on any atom is -0.461 e. The SMILES string of the molecule is Cc1ncc2c(N3CCOCC4[C@H](F)[C@H]43)nc(OC[C@@]34CCCN3CC(=C(F)F)C4)nc2c1F. The molecule has 0 N–H and O–H groups in total. The molecule has 0 aromatic carbocycles. The zero-order chi connectivity index (χ0) is 23.6. The van der Waals surface area contributed by atoms with E-state index in [0.717, 1.165) is 19.4 Å². The lowest BCUT2D eigenvalue weighted by atomic mass is 9.94. The van der Waals surface area contributed by atoms with E-state index < -0.39 is 29.7 Å². The normalized spacial score (nSPS) is 30.9. The zero-order valence-electron chi connectivity index (χ0n) is 18.7. The standard InChI is InChI=1S/C23H25F4N5O2/c1-12-16(24)18-14(8-28-12)21(32-5-6-33-10-15-17(25)19(15)32)30-22(29-18)34-11-23-3-2-4-31(23)9-13(7-23)20(26)27/h8,15,17,19H,2-7,9-11H2,1H3/t15?,17-,19-,23-/m0/s1. The fraction of sp³-hybridized carbons (Fsp3) is 0.609. The van der Waals surface area contributed by atoms with Crippen molar-refractivity contribution in [2.75, 3.05) is 44.4 Å². The lowest BCUT2D eigenvalue weighted by Gasteiger charge is -2.31. The molecule has 1 saturated carbocycles. The van der Waals surface area contributed by atoms with Crippen molar-refractivity contribution >= 4 is 16.7 Å². The molecule has 4 fully saturated rings. The molecule has 1 unspecified atom stereocenters. The van der Waals surface area contributed by atoms with Gasteiger partial charge in [-0.3, -0.25) is 9.88 Å². The molecule has 1 aliphatic carbocycles. The van der Waals surface area contributed by atoms with Crippen molar-refractivity contribution in [2.24, 2.45) is 5.92 Å². The highest BCUT2D eigenvalue weighted by Gasteiger charge is 2.56. The largest absolute Gasteiger partial charge is 0.461 e. The maximum Gasteiger partial charge on any atom is 0.319 e. The van der Waals surface area contributed by atoms with Crippen LogP contribution in [-0.4, -0.2) is 77.1 Å². The Hall–Kier alpha value is -2.53. The Kier molecular flexibility index (Phi) is 5.18. The molecule has 5 heterocycles. The number of hydrogen-bond donors (Lipinski definition) is 0. The first-order valence-corrected chi connectivity index (χ1v) is 11.6. The molecule has 6 rings (SSSR count). The smallest absolute Gasteiger partial charge is 0.319 e. The van der Waals surface area contributed by atoms with Gasteiger partial charge in [0.15, 0.2) is 5.82 Å². The van der Waals surface area contributed by atoms with Gasteiger partial charge in [0.25, 0.3) is 6.08 Å².